The van der Waals surface area contributed by atoms with Crippen LogP contribution in [0.15, 0.2) is 30.3 Å². The average Bonchev–Trinajstić information content (AvgIpc) is 2.38. The van der Waals surface area contributed by atoms with Crippen LogP contribution in [-0.2, 0) is 0 Å². The monoisotopic (exact) mass is 289 g/mol. The highest BCUT2D eigenvalue weighted by molar-refractivity contribution is 6.30. The number of rotatable bonds is 3. The van der Waals surface area contributed by atoms with Gasteiger partial charge >= 0.3 is 5.69 Å². The fourth-order valence-corrected chi connectivity index (χ4v) is 1.72. The van der Waals surface area contributed by atoms with Crippen LogP contribution >= 0.6 is 11.6 Å². The van der Waals surface area contributed by atoms with E-state index in [-0.39, 0.29) is 22.9 Å². The van der Waals surface area contributed by atoms with Crippen molar-refractivity contribution in [3.8, 4) is 6.07 Å². The molecule has 1 aromatic heterocycles. The summed E-state index contributed by atoms with van der Waals surface area (Å²) in [5.41, 5.74) is 5.88. The van der Waals surface area contributed by atoms with Crippen molar-refractivity contribution in [2.75, 3.05) is 11.1 Å². The molecule has 1 aromatic carbocycles. The number of anilines is 3. The third-order valence-corrected chi connectivity index (χ3v) is 2.68. The van der Waals surface area contributed by atoms with E-state index in [0.29, 0.717) is 10.7 Å². The third-order valence-electron chi connectivity index (χ3n) is 2.45. The molecule has 0 aliphatic carbocycles. The largest absolute Gasteiger partial charge is 0.384 e. The van der Waals surface area contributed by atoms with E-state index in [1.807, 2.05) is 6.07 Å². The van der Waals surface area contributed by atoms with E-state index in [4.69, 9.17) is 22.6 Å². The van der Waals surface area contributed by atoms with Crippen molar-refractivity contribution in [3.05, 3.63) is 51.0 Å². The summed E-state index contributed by atoms with van der Waals surface area (Å²) in [7, 11) is 0. The van der Waals surface area contributed by atoms with Crippen molar-refractivity contribution < 1.29 is 4.92 Å². The lowest BCUT2D eigenvalue weighted by Crippen LogP contribution is -2.03. The van der Waals surface area contributed by atoms with Crippen molar-refractivity contribution in [1.29, 1.82) is 5.26 Å². The Bertz CT molecular complexity index is 726. The van der Waals surface area contributed by atoms with Gasteiger partial charge in [0, 0.05) is 11.1 Å². The maximum atomic E-state index is 10.9. The lowest BCUT2D eigenvalue weighted by atomic mass is 10.2. The Morgan fingerprint density at radius 3 is 2.80 bits per heavy atom. The lowest BCUT2D eigenvalue weighted by Gasteiger charge is -2.08. The van der Waals surface area contributed by atoms with Crippen LogP contribution in [0.1, 0.15) is 5.56 Å². The number of nitrogens with two attached hydrogens (primary N) is 1. The molecule has 0 unspecified atom stereocenters. The molecule has 100 valence electrons. The Kier molecular flexibility index (Phi) is 3.68. The molecule has 0 aliphatic heterocycles. The number of nitriles is 1. The van der Waals surface area contributed by atoms with Crippen LogP contribution in [0.2, 0.25) is 5.02 Å². The zero-order chi connectivity index (χ0) is 14.7. The maximum Gasteiger partial charge on any atom is 0.311 e. The molecule has 0 spiro atoms. The number of aromatic nitrogens is 1. The van der Waals surface area contributed by atoms with E-state index in [1.54, 1.807) is 6.07 Å². The molecule has 8 heteroatoms. The minimum Gasteiger partial charge on any atom is -0.384 e. The highest BCUT2D eigenvalue weighted by atomic mass is 35.5. The van der Waals surface area contributed by atoms with Gasteiger partial charge < -0.3 is 11.1 Å². The molecule has 0 amide bonds. The number of hydrogen-bond donors (Lipinski definition) is 2. The second-order valence-corrected chi connectivity index (χ2v) is 4.22. The van der Waals surface area contributed by atoms with Crippen LogP contribution in [0.5, 0.6) is 0 Å². The number of halogens is 1. The first-order valence-electron chi connectivity index (χ1n) is 5.39. The van der Waals surface area contributed by atoms with Gasteiger partial charge in [0.15, 0.2) is 0 Å². The SMILES string of the molecule is N#Cc1ccc(Cl)cc1Nc1nc(N)ccc1[N+](=O)[O-]. The Hall–Kier alpha value is -2.85. The molecule has 0 fully saturated rings. The van der Waals surface area contributed by atoms with Crippen LogP contribution in [0.3, 0.4) is 0 Å². The topological polar surface area (TPSA) is 118 Å². The van der Waals surface area contributed by atoms with Crippen molar-refractivity contribution >= 4 is 34.6 Å². The molecular formula is C12H8ClN5O2. The molecule has 0 bridgehead atoms. The molecule has 7 nitrogen and oxygen atoms in total. The molecule has 3 N–H and O–H groups in total. The summed E-state index contributed by atoms with van der Waals surface area (Å²) in [6, 6.07) is 9.05. The van der Waals surface area contributed by atoms with Crippen molar-refractivity contribution in [2.24, 2.45) is 0 Å². The van der Waals surface area contributed by atoms with Crippen LogP contribution in [0.25, 0.3) is 0 Å². The third kappa shape index (κ3) is 2.76. The highest BCUT2D eigenvalue weighted by Crippen LogP contribution is 2.29. The van der Waals surface area contributed by atoms with Crippen molar-refractivity contribution in [1.82, 2.24) is 4.98 Å². The predicted molar refractivity (Wildman–Crippen MR) is 74.8 cm³/mol. The zero-order valence-corrected chi connectivity index (χ0v) is 10.8. The first kappa shape index (κ1) is 13.6. The van der Waals surface area contributed by atoms with E-state index in [0.717, 1.165) is 0 Å². The van der Waals surface area contributed by atoms with E-state index in [1.165, 1.54) is 24.3 Å². The minimum absolute atomic E-state index is 0.0474. The maximum absolute atomic E-state index is 10.9. The molecule has 2 rings (SSSR count). The van der Waals surface area contributed by atoms with Gasteiger partial charge in [0.25, 0.3) is 0 Å². The smallest absolute Gasteiger partial charge is 0.311 e. The normalized spacial score (nSPS) is 9.80. The Morgan fingerprint density at radius 1 is 1.40 bits per heavy atom. The predicted octanol–water partition coefficient (Wildman–Crippen LogP) is 2.84. The van der Waals surface area contributed by atoms with Gasteiger partial charge in [-0.1, -0.05) is 11.6 Å². The molecular weight excluding hydrogens is 282 g/mol. The number of nitro groups is 1. The Balaban J connectivity index is 2.50. The first-order chi connectivity index (χ1) is 9.51. The van der Waals surface area contributed by atoms with Gasteiger partial charge in [-0.3, -0.25) is 10.1 Å². The molecule has 20 heavy (non-hydrogen) atoms. The second kappa shape index (κ2) is 5.42. The van der Waals surface area contributed by atoms with Crippen LogP contribution < -0.4 is 11.1 Å². The van der Waals surface area contributed by atoms with Gasteiger partial charge in [0.05, 0.1) is 16.2 Å². The summed E-state index contributed by atoms with van der Waals surface area (Å²) in [6.07, 6.45) is 0. The summed E-state index contributed by atoms with van der Waals surface area (Å²) in [4.78, 5) is 14.2. The summed E-state index contributed by atoms with van der Waals surface area (Å²) in [5.74, 6) is 0.0763. The first-order valence-corrected chi connectivity index (χ1v) is 5.76. The standard InChI is InChI=1S/C12H8ClN5O2/c13-8-2-1-7(6-14)9(5-8)16-12-10(18(19)20)3-4-11(15)17-12/h1-5H,(H3,15,16,17). The highest BCUT2D eigenvalue weighted by Gasteiger charge is 2.17. The molecule has 0 aliphatic rings. The van der Waals surface area contributed by atoms with Crippen LogP contribution in [0.4, 0.5) is 23.0 Å². The molecule has 2 aromatic rings. The number of nitrogens with one attached hydrogen (secondary N) is 1. The molecule has 0 saturated heterocycles. The van der Waals surface area contributed by atoms with E-state index >= 15 is 0 Å². The fraction of sp³-hybridized carbons (Fsp3) is 0. The number of nitrogens with zero attached hydrogens (tertiary/aromatic N) is 3. The van der Waals surface area contributed by atoms with Crippen LogP contribution in [0, 0.1) is 21.4 Å². The van der Waals surface area contributed by atoms with Gasteiger partial charge in [0.1, 0.15) is 11.9 Å². The summed E-state index contributed by atoms with van der Waals surface area (Å²) in [5, 5.41) is 23.0. The van der Waals surface area contributed by atoms with Crippen molar-refractivity contribution in [3.63, 3.8) is 0 Å². The summed E-state index contributed by atoms with van der Waals surface area (Å²) < 4.78 is 0. The fourth-order valence-electron chi connectivity index (χ4n) is 1.55. The van der Waals surface area contributed by atoms with Gasteiger partial charge in [-0.2, -0.15) is 5.26 Å². The van der Waals surface area contributed by atoms with Gasteiger partial charge in [0.2, 0.25) is 5.82 Å². The molecule has 0 radical (unpaired) electrons. The van der Waals surface area contributed by atoms with Gasteiger partial charge in [-0.15, -0.1) is 0 Å². The van der Waals surface area contributed by atoms with Gasteiger partial charge in [-0.25, -0.2) is 4.98 Å². The zero-order valence-electron chi connectivity index (χ0n) is 10.0. The quantitative estimate of drug-likeness (QED) is 0.662. The Morgan fingerprint density at radius 2 is 2.15 bits per heavy atom. The Labute approximate surface area is 118 Å². The summed E-state index contributed by atoms with van der Waals surface area (Å²) in [6.45, 7) is 0. The van der Waals surface area contributed by atoms with Crippen LogP contribution in [-0.4, -0.2) is 9.91 Å². The molecule has 0 saturated carbocycles. The van der Waals surface area contributed by atoms with Gasteiger partial charge in [-0.05, 0) is 24.3 Å². The van der Waals surface area contributed by atoms with E-state index in [2.05, 4.69) is 10.3 Å². The molecule has 0 atom stereocenters. The average molecular weight is 290 g/mol. The van der Waals surface area contributed by atoms with E-state index < -0.39 is 4.92 Å². The number of pyridine rings is 1. The molecule has 1 heterocycles. The second-order valence-electron chi connectivity index (χ2n) is 3.79. The summed E-state index contributed by atoms with van der Waals surface area (Å²) >= 11 is 5.85. The van der Waals surface area contributed by atoms with Crippen molar-refractivity contribution in [2.45, 2.75) is 0 Å². The number of nitrogen functional groups attached to an aromatic ring is 1. The number of hydrogen-bond acceptors (Lipinski definition) is 6. The minimum atomic E-state index is -0.592. The van der Waals surface area contributed by atoms with E-state index in [9.17, 15) is 10.1 Å². The lowest BCUT2D eigenvalue weighted by molar-refractivity contribution is -0.384. The number of benzene rings is 1.